The highest BCUT2D eigenvalue weighted by molar-refractivity contribution is 6.31. The molecule has 0 unspecified atom stereocenters. The molecule has 202 valence electrons. The van der Waals surface area contributed by atoms with Crippen molar-refractivity contribution >= 4 is 51.1 Å². The number of likely N-dealkylation sites (tertiary alicyclic amines) is 2. The Morgan fingerprint density at radius 3 is 2.38 bits per heavy atom. The van der Waals surface area contributed by atoms with Crippen LogP contribution in [0.4, 0.5) is 4.39 Å². The van der Waals surface area contributed by atoms with Gasteiger partial charge in [-0.2, -0.15) is 0 Å². The highest BCUT2D eigenvalue weighted by Crippen LogP contribution is 2.34. The lowest BCUT2D eigenvalue weighted by Gasteiger charge is -2.39. The van der Waals surface area contributed by atoms with Crippen molar-refractivity contribution in [3.05, 3.63) is 70.8 Å². The minimum absolute atomic E-state index is 0.141. The Morgan fingerprint density at radius 2 is 1.69 bits per heavy atom. The standard InChI is InChI=1S/C29H29ClFN5O3/c1-29(2,3)25(34-26(37)23-9-15-7-8-16(30)10-22(15)33-23)28(39)36-14-17-11-18(36)13-35(17)27(38)24-12-19-20(31)5-4-6-21(19)32-24/h4-10,12,17-18,25,32-33H,11,13-14H2,1-3H3,(H,34,37)/t17-,18-,25+/m0/s1. The molecule has 2 aliphatic rings. The quantitative estimate of drug-likeness (QED) is 0.343. The number of rotatable bonds is 4. The normalized spacial score (nSPS) is 19.7. The van der Waals surface area contributed by atoms with Gasteiger partial charge in [-0.25, -0.2) is 4.39 Å². The van der Waals surface area contributed by atoms with Gasteiger partial charge in [-0.3, -0.25) is 14.4 Å². The number of halogens is 2. The van der Waals surface area contributed by atoms with E-state index in [2.05, 4.69) is 15.3 Å². The van der Waals surface area contributed by atoms with E-state index in [-0.39, 0.29) is 35.6 Å². The molecule has 8 nitrogen and oxygen atoms in total. The monoisotopic (exact) mass is 549 g/mol. The Labute approximate surface area is 229 Å². The number of aromatic amines is 2. The number of nitrogens with zero attached hydrogens (tertiary/aromatic N) is 2. The summed E-state index contributed by atoms with van der Waals surface area (Å²) in [7, 11) is 0. The van der Waals surface area contributed by atoms with Gasteiger partial charge in [-0.1, -0.05) is 44.5 Å². The summed E-state index contributed by atoms with van der Waals surface area (Å²) in [5.74, 6) is -1.12. The van der Waals surface area contributed by atoms with Crippen molar-refractivity contribution in [2.45, 2.75) is 45.3 Å². The zero-order chi connectivity index (χ0) is 27.6. The predicted molar refractivity (Wildman–Crippen MR) is 147 cm³/mol. The Hall–Kier alpha value is -3.85. The number of fused-ring (bicyclic) bond motifs is 4. The molecule has 39 heavy (non-hydrogen) atoms. The van der Waals surface area contributed by atoms with Gasteiger partial charge in [0.25, 0.3) is 11.8 Å². The van der Waals surface area contributed by atoms with Gasteiger partial charge >= 0.3 is 0 Å². The first-order chi connectivity index (χ1) is 18.5. The molecule has 0 aliphatic carbocycles. The Morgan fingerprint density at radius 1 is 0.974 bits per heavy atom. The van der Waals surface area contributed by atoms with E-state index >= 15 is 0 Å². The van der Waals surface area contributed by atoms with Gasteiger partial charge in [0.15, 0.2) is 0 Å². The molecule has 0 saturated carbocycles. The van der Waals surface area contributed by atoms with Crippen molar-refractivity contribution in [1.29, 1.82) is 0 Å². The summed E-state index contributed by atoms with van der Waals surface area (Å²) < 4.78 is 14.1. The van der Waals surface area contributed by atoms with Crippen LogP contribution in [-0.2, 0) is 4.79 Å². The molecule has 3 N–H and O–H groups in total. The van der Waals surface area contributed by atoms with Gasteiger partial charge in [0.05, 0.1) is 12.1 Å². The molecule has 2 bridgehead atoms. The fourth-order valence-corrected chi connectivity index (χ4v) is 5.99. The van der Waals surface area contributed by atoms with Crippen LogP contribution in [0.25, 0.3) is 21.8 Å². The van der Waals surface area contributed by atoms with Crippen LogP contribution in [0.5, 0.6) is 0 Å². The second-order valence-corrected chi connectivity index (χ2v) is 12.0. The number of piperazine rings is 1. The number of benzene rings is 2. The van der Waals surface area contributed by atoms with Crippen LogP contribution in [0, 0.1) is 11.2 Å². The van der Waals surface area contributed by atoms with Crippen LogP contribution in [0.15, 0.2) is 48.5 Å². The summed E-state index contributed by atoms with van der Waals surface area (Å²) in [5, 5.41) is 4.74. The largest absolute Gasteiger partial charge is 0.350 e. The lowest BCUT2D eigenvalue weighted by molar-refractivity contribution is -0.138. The summed E-state index contributed by atoms with van der Waals surface area (Å²) in [6.07, 6.45) is 0.666. The molecule has 2 fully saturated rings. The van der Waals surface area contributed by atoms with Crippen LogP contribution in [0.3, 0.4) is 0 Å². The fraction of sp³-hybridized carbons (Fsp3) is 0.345. The van der Waals surface area contributed by atoms with Gasteiger partial charge in [-0.05, 0) is 48.2 Å². The first kappa shape index (κ1) is 25.4. The van der Waals surface area contributed by atoms with Crippen molar-refractivity contribution in [2.24, 2.45) is 5.41 Å². The molecule has 3 atom stereocenters. The number of nitrogens with one attached hydrogen (secondary N) is 3. The third-order valence-corrected chi connectivity index (χ3v) is 8.08. The van der Waals surface area contributed by atoms with E-state index in [1.807, 2.05) is 26.8 Å². The van der Waals surface area contributed by atoms with E-state index in [1.165, 1.54) is 6.07 Å². The minimum Gasteiger partial charge on any atom is -0.350 e. The summed E-state index contributed by atoms with van der Waals surface area (Å²) in [6, 6.07) is 12.3. The van der Waals surface area contributed by atoms with Crippen molar-refractivity contribution in [3.8, 4) is 0 Å². The number of aromatic nitrogens is 2. The van der Waals surface area contributed by atoms with Crippen molar-refractivity contribution in [2.75, 3.05) is 13.1 Å². The number of hydrogen-bond acceptors (Lipinski definition) is 3. The maximum Gasteiger partial charge on any atom is 0.270 e. The molecule has 2 aromatic carbocycles. The average molecular weight is 550 g/mol. The molecule has 10 heteroatoms. The first-order valence-corrected chi connectivity index (χ1v) is 13.4. The number of carbonyl (C=O) groups is 3. The molecule has 6 rings (SSSR count). The number of carbonyl (C=O) groups excluding carboxylic acids is 3. The molecule has 2 saturated heterocycles. The van der Waals surface area contributed by atoms with Crippen molar-refractivity contribution in [1.82, 2.24) is 25.1 Å². The Balaban J connectivity index is 1.17. The van der Waals surface area contributed by atoms with Crippen LogP contribution in [0.1, 0.15) is 48.2 Å². The van der Waals surface area contributed by atoms with E-state index in [0.29, 0.717) is 46.8 Å². The minimum atomic E-state index is -0.764. The topological polar surface area (TPSA) is 101 Å². The molecular weight excluding hydrogens is 521 g/mol. The SMILES string of the molecule is CC(C)(C)[C@H](NC(=O)c1cc2ccc(Cl)cc2[nH]1)C(=O)N1C[C@@H]2C[C@H]1CN2C(=O)c1cc2c(F)cccc2[nH]1. The smallest absolute Gasteiger partial charge is 0.270 e. The third-order valence-electron chi connectivity index (χ3n) is 7.84. The zero-order valence-corrected chi connectivity index (χ0v) is 22.6. The second-order valence-electron chi connectivity index (χ2n) is 11.6. The van der Waals surface area contributed by atoms with Crippen LogP contribution in [-0.4, -0.2) is 68.7 Å². The predicted octanol–water partition coefficient (Wildman–Crippen LogP) is 4.71. The van der Waals surface area contributed by atoms with Crippen LogP contribution >= 0.6 is 11.6 Å². The molecule has 0 radical (unpaired) electrons. The Bertz CT molecular complexity index is 1640. The lowest BCUT2D eigenvalue weighted by atomic mass is 9.85. The molecule has 4 heterocycles. The maximum atomic E-state index is 14.1. The van der Waals surface area contributed by atoms with Gasteiger partial charge < -0.3 is 25.1 Å². The van der Waals surface area contributed by atoms with Crippen molar-refractivity contribution < 1.29 is 18.8 Å². The summed E-state index contributed by atoms with van der Waals surface area (Å²) in [5.41, 5.74) is 1.45. The fourth-order valence-electron chi connectivity index (χ4n) is 5.82. The molecule has 3 amide bonds. The van der Waals surface area contributed by atoms with Gasteiger partial charge in [0, 0.05) is 39.9 Å². The van der Waals surface area contributed by atoms with E-state index in [0.717, 1.165) is 10.9 Å². The third kappa shape index (κ3) is 4.44. The maximum absolute atomic E-state index is 14.1. The average Bonchev–Trinajstić information content (AvgIpc) is 3.67. The highest BCUT2D eigenvalue weighted by atomic mass is 35.5. The molecule has 4 aromatic rings. The first-order valence-electron chi connectivity index (χ1n) is 13.0. The van der Waals surface area contributed by atoms with Crippen LogP contribution < -0.4 is 5.32 Å². The molecular formula is C29H29ClFN5O3. The number of hydrogen-bond donors (Lipinski definition) is 3. The van der Waals surface area contributed by atoms with Crippen LogP contribution in [0.2, 0.25) is 5.02 Å². The second kappa shape index (κ2) is 9.12. The van der Waals surface area contributed by atoms with Gasteiger partial charge in [0.1, 0.15) is 23.2 Å². The Kier molecular flexibility index (Phi) is 5.95. The lowest BCUT2D eigenvalue weighted by Crippen LogP contribution is -2.59. The van der Waals surface area contributed by atoms with Gasteiger partial charge in [0.2, 0.25) is 5.91 Å². The molecule has 2 aromatic heterocycles. The summed E-state index contributed by atoms with van der Waals surface area (Å²) in [4.78, 5) is 49.9. The van der Waals surface area contributed by atoms with Gasteiger partial charge in [-0.15, -0.1) is 0 Å². The number of H-pyrrole nitrogens is 2. The van der Waals surface area contributed by atoms with E-state index in [9.17, 15) is 18.8 Å². The number of amides is 3. The molecule has 0 spiro atoms. The zero-order valence-electron chi connectivity index (χ0n) is 21.8. The van der Waals surface area contributed by atoms with E-state index < -0.39 is 11.5 Å². The summed E-state index contributed by atoms with van der Waals surface area (Å²) >= 11 is 6.07. The van der Waals surface area contributed by atoms with Crippen molar-refractivity contribution in [3.63, 3.8) is 0 Å². The van der Waals surface area contributed by atoms with E-state index in [1.54, 1.807) is 46.2 Å². The summed E-state index contributed by atoms with van der Waals surface area (Å²) in [6.45, 7) is 6.53. The van der Waals surface area contributed by atoms with E-state index in [4.69, 9.17) is 11.6 Å². The highest BCUT2D eigenvalue weighted by Gasteiger charge is 2.50. The molecule has 2 aliphatic heterocycles.